The van der Waals surface area contributed by atoms with Crippen molar-refractivity contribution in [1.82, 2.24) is 4.57 Å². The lowest BCUT2D eigenvalue weighted by atomic mass is 9.96. The third-order valence-electron chi connectivity index (χ3n) is 6.34. The summed E-state index contributed by atoms with van der Waals surface area (Å²) in [5, 5.41) is 10.9. The zero-order chi connectivity index (χ0) is 28.2. The molecule has 0 radical (unpaired) electrons. The zero-order valence-corrected chi connectivity index (χ0v) is 22.6. The number of ether oxygens (including phenoxy) is 2. The first kappa shape index (κ1) is 26.8. The van der Waals surface area contributed by atoms with E-state index in [0.717, 1.165) is 16.7 Å². The normalized spacial score (nSPS) is 14.8. The van der Waals surface area contributed by atoms with Crippen molar-refractivity contribution in [2.45, 2.75) is 26.5 Å². The van der Waals surface area contributed by atoms with E-state index in [0.29, 0.717) is 26.4 Å². The summed E-state index contributed by atoms with van der Waals surface area (Å²) in [5.74, 6) is 0.0900. The fourth-order valence-corrected chi connectivity index (χ4v) is 5.51. The minimum Gasteiger partial charge on any atom is -0.489 e. The Hall–Kier alpha value is -4.83. The van der Waals surface area contributed by atoms with E-state index in [1.165, 1.54) is 23.5 Å². The van der Waals surface area contributed by atoms with E-state index >= 15 is 0 Å². The van der Waals surface area contributed by atoms with Crippen LogP contribution in [0.3, 0.4) is 0 Å². The van der Waals surface area contributed by atoms with Crippen molar-refractivity contribution in [1.29, 1.82) is 0 Å². The second-order valence-electron chi connectivity index (χ2n) is 9.00. The number of rotatable bonds is 8. The van der Waals surface area contributed by atoms with Gasteiger partial charge in [0.2, 0.25) is 0 Å². The van der Waals surface area contributed by atoms with Crippen molar-refractivity contribution in [3.8, 4) is 5.75 Å². The highest BCUT2D eigenvalue weighted by molar-refractivity contribution is 7.07. The molecule has 0 fully saturated rings. The molecule has 0 N–H and O–H groups in total. The topological polar surface area (TPSA) is 113 Å². The minimum atomic E-state index is -0.657. The number of hydrogen-bond acceptors (Lipinski definition) is 8. The van der Waals surface area contributed by atoms with Gasteiger partial charge in [-0.15, -0.1) is 0 Å². The van der Waals surface area contributed by atoms with Crippen molar-refractivity contribution in [2.24, 2.45) is 4.99 Å². The average molecular weight is 556 g/mol. The lowest BCUT2D eigenvalue weighted by Gasteiger charge is -2.24. The quantitative estimate of drug-likeness (QED) is 0.182. The predicted molar refractivity (Wildman–Crippen MR) is 151 cm³/mol. The van der Waals surface area contributed by atoms with E-state index in [1.807, 2.05) is 48.5 Å². The van der Waals surface area contributed by atoms with Crippen molar-refractivity contribution in [2.75, 3.05) is 6.61 Å². The fourth-order valence-electron chi connectivity index (χ4n) is 4.47. The first-order valence-corrected chi connectivity index (χ1v) is 13.4. The number of aromatic nitrogens is 1. The van der Waals surface area contributed by atoms with Gasteiger partial charge in [0.1, 0.15) is 12.4 Å². The van der Waals surface area contributed by atoms with Gasteiger partial charge in [-0.1, -0.05) is 53.8 Å². The lowest BCUT2D eigenvalue weighted by molar-refractivity contribution is -0.384. The van der Waals surface area contributed by atoms with Crippen molar-refractivity contribution in [3.63, 3.8) is 0 Å². The highest BCUT2D eigenvalue weighted by Gasteiger charge is 2.33. The minimum absolute atomic E-state index is 0.0197. The van der Waals surface area contributed by atoms with Gasteiger partial charge in [-0.2, -0.15) is 0 Å². The summed E-state index contributed by atoms with van der Waals surface area (Å²) in [4.78, 5) is 42.2. The van der Waals surface area contributed by atoms with Crippen molar-refractivity contribution >= 4 is 29.1 Å². The summed E-state index contributed by atoms with van der Waals surface area (Å²) in [5.41, 5.74) is 2.95. The van der Waals surface area contributed by atoms with Gasteiger partial charge in [-0.3, -0.25) is 19.5 Å². The molecule has 9 nitrogen and oxygen atoms in total. The van der Waals surface area contributed by atoms with Gasteiger partial charge < -0.3 is 9.47 Å². The van der Waals surface area contributed by atoms with Crippen LogP contribution in [-0.2, 0) is 16.1 Å². The fraction of sp³-hybridized carbons (Fsp3) is 0.167. The van der Waals surface area contributed by atoms with E-state index in [-0.39, 0.29) is 24.5 Å². The Morgan fingerprint density at radius 1 is 1.10 bits per heavy atom. The lowest BCUT2D eigenvalue weighted by Crippen LogP contribution is -2.39. The number of non-ortho nitro benzene ring substituents is 1. The number of carbonyl (C=O) groups excluding carboxylic acids is 1. The van der Waals surface area contributed by atoms with Crippen LogP contribution in [-0.4, -0.2) is 22.1 Å². The molecule has 0 amide bonds. The van der Waals surface area contributed by atoms with Crippen molar-refractivity contribution in [3.05, 3.63) is 137 Å². The number of fused-ring (bicyclic) bond motifs is 1. The van der Waals surface area contributed by atoms with E-state index < -0.39 is 16.9 Å². The molecule has 4 aromatic rings. The Labute approximate surface area is 233 Å². The second kappa shape index (κ2) is 11.5. The maximum atomic E-state index is 13.7. The Morgan fingerprint density at radius 3 is 2.55 bits per heavy atom. The number of hydrogen-bond donors (Lipinski definition) is 0. The smallest absolute Gasteiger partial charge is 0.338 e. The number of esters is 1. The number of carbonyl (C=O) groups is 1. The molecule has 202 valence electrons. The monoisotopic (exact) mass is 555 g/mol. The maximum absolute atomic E-state index is 13.7. The van der Waals surface area contributed by atoms with E-state index in [9.17, 15) is 19.7 Å². The Kier molecular flexibility index (Phi) is 7.70. The molecule has 1 aliphatic rings. The molecule has 1 aliphatic heterocycles. The Bertz CT molecular complexity index is 1790. The number of thiazole rings is 1. The summed E-state index contributed by atoms with van der Waals surface area (Å²) < 4.78 is 13.2. The number of benzene rings is 3. The van der Waals surface area contributed by atoms with Gasteiger partial charge in [-0.25, -0.2) is 9.79 Å². The molecule has 3 aromatic carbocycles. The van der Waals surface area contributed by atoms with Gasteiger partial charge in [0.25, 0.3) is 11.2 Å². The molecule has 1 unspecified atom stereocenters. The third-order valence-corrected chi connectivity index (χ3v) is 7.32. The van der Waals surface area contributed by atoms with Gasteiger partial charge in [0.05, 0.1) is 33.4 Å². The van der Waals surface area contributed by atoms with Crippen LogP contribution in [0.25, 0.3) is 6.08 Å². The third kappa shape index (κ3) is 5.48. The van der Waals surface area contributed by atoms with Crippen LogP contribution >= 0.6 is 11.3 Å². The molecule has 0 saturated heterocycles. The number of nitro benzene ring substituents is 1. The van der Waals surface area contributed by atoms with Crippen LogP contribution in [0.15, 0.2) is 99.9 Å². The second-order valence-corrected chi connectivity index (χ2v) is 10.0. The molecule has 0 saturated carbocycles. The van der Waals surface area contributed by atoms with Crippen LogP contribution in [0, 0.1) is 10.1 Å². The van der Waals surface area contributed by atoms with Gasteiger partial charge in [0.15, 0.2) is 4.80 Å². The van der Waals surface area contributed by atoms with Crippen molar-refractivity contribution < 1.29 is 19.2 Å². The van der Waals surface area contributed by atoms with E-state index in [2.05, 4.69) is 4.99 Å². The summed E-state index contributed by atoms with van der Waals surface area (Å²) in [6.45, 7) is 3.94. The van der Waals surface area contributed by atoms with Gasteiger partial charge >= 0.3 is 5.97 Å². The molecule has 0 bridgehead atoms. The maximum Gasteiger partial charge on any atom is 0.338 e. The van der Waals surface area contributed by atoms with Crippen LogP contribution in [0.1, 0.15) is 36.6 Å². The van der Waals surface area contributed by atoms with Crippen LogP contribution in [0.2, 0.25) is 0 Å². The molecule has 1 aromatic heterocycles. The number of nitro groups is 1. The van der Waals surface area contributed by atoms with Gasteiger partial charge in [0, 0.05) is 12.1 Å². The summed E-state index contributed by atoms with van der Waals surface area (Å²) in [7, 11) is 0. The summed E-state index contributed by atoms with van der Waals surface area (Å²) in [6, 6.07) is 22.2. The molecule has 1 atom stereocenters. The number of allylic oxidation sites excluding steroid dienone is 1. The zero-order valence-electron chi connectivity index (χ0n) is 21.8. The molecule has 0 aliphatic carbocycles. The van der Waals surface area contributed by atoms with Crippen LogP contribution < -0.4 is 19.6 Å². The largest absolute Gasteiger partial charge is 0.489 e. The molecular weight excluding hydrogens is 530 g/mol. The Morgan fingerprint density at radius 2 is 1.85 bits per heavy atom. The molecule has 0 spiro atoms. The van der Waals surface area contributed by atoms with Crippen LogP contribution in [0.5, 0.6) is 5.75 Å². The van der Waals surface area contributed by atoms with E-state index in [1.54, 1.807) is 42.7 Å². The first-order valence-electron chi connectivity index (χ1n) is 12.6. The SMILES string of the molecule is CCOC(=O)C1=C(C)N=c2s/c(=C\c3cccc(OCc4ccc([N+](=O)[O-])cc4)c3)c(=O)n2C1c1ccccc1. The molecule has 40 heavy (non-hydrogen) atoms. The van der Waals surface area contributed by atoms with Gasteiger partial charge in [-0.05, 0) is 60.9 Å². The highest BCUT2D eigenvalue weighted by atomic mass is 32.1. The predicted octanol–water partition coefficient (Wildman–Crippen LogP) is 4.29. The van der Waals surface area contributed by atoms with E-state index in [4.69, 9.17) is 9.47 Å². The first-order chi connectivity index (χ1) is 19.4. The van der Waals surface area contributed by atoms with Crippen LogP contribution in [0.4, 0.5) is 5.69 Å². The standard InChI is InChI=1S/C30H25N3O6S/c1-3-38-29(35)26-19(2)31-30-32(27(26)22-9-5-4-6-10-22)28(34)25(40-30)17-21-8-7-11-24(16-21)39-18-20-12-14-23(15-13-20)33(36)37/h4-17,27H,3,18H2,1-2H3/b25-17-. The highest BCUT2D eigenvalue weighted by Crippen LogP contribution is 2.30. The Balaban J connectivity index is 1.48. The molecule has 10 heteroatoms. The molecular formula is C30H25N3O6S. The summed E-state index contributed by atoms with van der Waals surface area (Å²) >= 11 is 1.25. The molecule has 5 rings (SSSR count). The summed E-state index contributed by atoms with van der Waals surface area (Å²) in [6.07, 6.45) is 1.77. The number of nitrogens with zero attached hydrogens (tertiary/aromatic N) is 3. The molecule has 2 heterocycles. The average Bonchev–Trinajstić information content (AvgIpc) is 3.26.